The maximum atomic E-state index is 13.3. The zero-order valence-electron chi connectivity index (χ0n) is 23.7. The topological polar surface area (TPSA) is 139 Å². The van der Waals surface area contributed by atoms with Gasteiger partial charge >= 0.3 is 6.09 Å². The molecule has 0 spiro atoms. The van der Waals surface area contributed by atoms with Crippen molar-refractivity contribution in [3.63, 3.8) is 0 Å². The molecular weight excluding hydrogens is 524 g/mol. The highest BCUT2D eigenvalue weighted by molar-refractivity contribution is 6.07. The summed E-state index contributed by atoms with van der Waals surface area (Å²) in [4.78, 5) is 44.7. The SMILES string of the molecule is CC(C)(C)OC(=O)N1CCN(c2ccc(-c3cnc(N)c(C(=O)Nc4cnccc4N4CCOCC4)n3)cc2)CC1. The number of benzene rings is 1. The minimum atomic E-state index is -0.514. The molecule has 41 heavy (non-hydrogen) atoms. The van der Waals surface area contributed by atoms with Gasteiger partial charge in [0.15, 0.2) is 11.5 Å². The number of carbonyl (C=O) groups is 2. The van der Waals surface area contributed by atoms with Gasteiger partial charge in [0.2, 0.25) is 0 Å². The summed E-state index contributed by atoms with van der Waals surface area (Å²) in [5.74, 6) is -0.415. The van der Waals surface area contributed by atoms with E-state index in [1.54, 1.807) is 23.5 Å². The molecule has 2 saturated heterocycles. The molecule has 3 N–H and O–H groups in total. The first-order valence-corrected chi connectivity index (χ1v) is 13.7. The van der Waals surface area contributed by atoms with Crippen molar-refractivity contribution < 1.29 is 19.1 Å². The van der Waals surface area contributed by atoms with Crippen LogP contribution in [0.5, 0.6) is 0 Å². The van der Waals surface area contributed by atoms with E-state index in [2.05, 4.69) is 30.1 Å². The number of carbonyl (C=O) groups excluding carboxylic acids is 2. The standard InChI is InChI=1S/C29H36N8O4/c1-29(2,3)41-28(39)37-12-10-35(11-13-37)21-6-4-20(5-7-21)22-19-32-26(30)25(33-22)27(38)34-23-18-31-9-8-24(23)36-14-16-40-17-15-36/h4-9,18-19H,10-17H2,1-3H3,(H2,30,32)(H,34,38). The quantitative estimate of drug-likeness (QED) is 0.478. The second-order valence-electron chi connectivity index (χ2n) is 10.9. The third-order valence-corrected chi connectivity index (χ3v) is 6.87. The van der Waals surface area contributed by atoms with Crippen molar-refractivity contribution in [1.29, 1.82) is 0 Å². The molecule has 4 heterocycles. The molecule has 0 bridgehead atoms. The van der Waals surface area contributed by atoms with Crippen LogP contribution in [0.25, 0.3) is 11.3 Å². The average molecular weight is 561 g/mol. The lowest BCUT2D eigenvalue weighted by Crippen LogP contribution is -2.50. The Morgan fingerprint density at radius 2 is 1.66 bits per heavy atom. The molecule has 2 aromatic heterocycles. The molecule has 0 unspecified atom stereocenters. The Hall–Kier alpha value is -4.45. The first-order chi connectivity index (χ1) is 19.7. The Labute approximate surface area is 239 Å². The van der Waals surface area contributed by atoms with E-state index in [1.165, 1.54) is 0 Å². The van der Waals surface area contributed by atoms with E-state index in [1.807, 2.05) is 51.1 Å². The fourth-order valence-corrected chi connectivity index (χ4v) is 4.77. The number of morpholine rings is 1. The number of nitrogens with one attached hydrogen (secondary N) is 1. The van der Waals surface area contributed by atoms with Crippen LogP contribution in [0, 0.1) is 0 Å². The summed E-state index contributed by atoms with van der Waals surface area (Å²) in [6, 6.07) is 9.75. The molecule has 216 valence electrons. The molecule has 0 atom stereocenters. The maximum absolute atomic E-state index is 13.3. The Balaban J connectivity index is 1.25. The number of nitrogens with two attached hydrogens (primary N) is 1. The monoisotopic (exact) mass is 560 g/mol. The summed E-state index contributed by atoms with van der Waals surface area (Å²) >= 11 is 0. The van der Waals surface area contributed by atoms with Crippen LogP contribution in [0.4, 0.5) is 27.7 Å². The molecule has 2 amide bonds. The molecule has 2 fully saturated rings. The van der Waals surface area contributed by atoms with Crippen LogP contribution in [0.1, 0.15) is 31.3 Å². The largest absolute Gasteiger partial charge is 0.444 e. The van der Waals surface area contributed by atoms with Crippen molar-refractivity contribution in [2.75, 3.05) is 73.3 Å². The van der Waals surface area contributed by atoms with Crippen LogP contribution < -0.4 is 20.9 Å². The molecule has 0 aliphatic carbocycles. The van der Waals surface area contributed by atoms with E-state index in [-0.39, 0.29) is 17.6 Å². The van der Waals surface area contributed by atoms with Crippen LogP contribution in [0.2, 0.25) is 0 Å². The van der Waals surface area contributed by atoms with E-state index in [0.29, 0.717) is 50.8 Å². The second kappa shape index (κ2) is 12.0. The number of aromatic nitrogens is 3. The minimum absolute atomic E-state index is 0.0432. The maximum Gasteiger partial charge on any atom is 0.410 e. The number of hydrogen-bond acceptors (Lipinski definition) is 10. The molecular formula is C29H36N8O4. The molecule has 3 aromatic rings. The first kappa shape index (κ1) is 28.1. The first-order valence-electron chi connectivity index (χ1n) is 13.7. The van der Waals surface area contributed by atoms with E-state index in [4.69, 9.17) is 15.2 Å². The van der Waals surface area contributed by atoms with Crippen LogP contribution in [-0.2, 0) is 9.47 Å². The Morgan fingerprint density at radius 3 is 2.34 bits per heavy atom. The number of ether oxygens (including phenoxy) is 2. The van der Waals surface area contributed by atoms with E-state index in [0.717, 1.165) is 30.0 Å². The number of rotatable bonds is 5. The van der Waals surface area contributed by atoms with Crippen molar-refractivity contribution in [3.05, 3.63) is 54.6 Å². The fraction of sp³-hybridized carbons (Fsp3) is 0.414. The van der Waals surface area contributed by atoms with Crippen LogP contribution >= 0.6 is 0 Å². The number of piperazine rings is 1. The Morgan fingerprint density at radius 1 is 0.951 bits per heavy atom. The van der Waals surface area contributed by atoms with Crippen LogP contribution in [0.3, 0.4) is 0 Å². The van der Waals surface area contributed by atoms with Gasteiger partial charge in [0.25, 0.3) is 5.91 Å². The zero-order valence-corrected chi connectivity index (χ0v) is 23.7. The van der Waals surface area contributed by atoms with E-state index >= 15 is 0 Å². The summed E-state index contributed by atoms with van der Waals surface area (Å²) < 4.78 is 10.9. The average Bonchev–Trinajstić information content (AvgIpc) is 2.97. The summed E-state index contributed by atoms with van der Waals surface area (Å²) in [6.07, 6.45) is 4.58. The van der Waals surface area contributed by atoms with Crippen molar-refractivity contribution in [2.45, 2.75) is 26.4 Å². The van der Waals surface area contributed by atoms with Gasteiger partial charge in [0, 0.05) is 56.7 Å². The normalized spacial score (nSPS) is 15.9. The lowest BCUT2D eigenvalue weighted by molar-refractivity contribution is 0.0240. The van der Waals surface area contributed by atoms with Crippen molar-refractivity contribution in [2.24, 2.45) is 0 Å². The Bertz CT molecular complexity index is 1380. The van der Waals surface area contributed by atoms with Gasteiger partial charge in [0.05, 0.1) is 42.7 Å². The molecule has 0 radical (unpaired) electrons. The summed E-state index contributed by atoms with van der Waals surface area (Å²) in [6.45, 7) is 10.9. The van der Waals surface area contributed by atoms with Crippen molar-refractivity contribution in [1.82, 2.24) is 19.9 Å². The highest BCUT2D eigenvalue weighted by atomic mass is 16.6. The number of hydrogen-bond donors (Lipinski definition) is 2. The predicted molar refractivity (Wildman–Crippen MR) is 157 cm³/mol. The van der Waals surface area contributed by atoms with Crippen molar-refractivity contribution >= 4 is 34.9 Å². The van der Waals surface area contributed by atoms with Crippen molar-refractivity contribution in [3.8, 4) is 11.3 Å². The molecule has 12 heteroatoms. The lowest BCUT2D eigenvalue weighted by atomic mass is 10.1. The molecule has 2 aliphatic heterocycles. The van der Waals surface area contributed by atoms with E-state index in [9.17, 15) is 9.59 Å². The lowest BCUT2D eigenvalue weighted by Gasteiger charge is -2.36. The van der Waals surface area contributed by atoms with Crippen LogP contribution in [0.15, 0.2) is 48.9 Å². The van der Waals surface area contributed by atoms with Gasteiger partial charge in [-0.15, -0.1) is 0 Å². The molecule has 1 aromatic carbocycles. The van der Waals surface area contributed by atoms with E-state index < -0.39 is 11.5 Å². The summed E-state index contributed by atoms with van der Waals surface area (Å²) in [5.41, 5.74) is 9.40. The number of anilines is 4. The van der Waals surface area contributed by atoms with Gasteiger partial charge in [-0.1, -0.05) is 12.1 Å². The van der Waals surface area contributed by atoms with Gasteiger partial charge in [-0.3, -0.25) is 9.78 Å². The van der Waals surface area contributed by atoms with Gasteiger partial charge in [-0.25, -0.2) is 14.8 Å². The minimum Gasteiger partial charge on any atom is -0.444 e. The molecule has 0 saturated carbocycles. The number of nitrogens with zero attached hydrogens (tertiary/aromatic N) is 6. The Kier molecular flexibility index (Phi) is 8.20. The van der Waals surface area contributed by atoms with Gasteiger partial charge in [0.1, 0.15) is 5.60 Å². The van der Waals surface area contributed by atoms with Gasteiger partial charge < -0.3 is 35.2 Å². The smallest absolute Gasteiger partial charge is 0.410 e. The summed E-state index contributed by atoms with van der Waals surface area (Å²) in [7, 11) is 0. The highest BCUT2D eigenvalue weighted by Gasteiger charge is 2.26. The number of amides is 2. The van der Waals surface area contributed by atoms with Gasteiger partial charge in [-0.05, 0) is 39.0 Å². The highest BCUT2D eigenvalue weighted by Crippen LogP contribution is 2.27. The van der Waals surface area contributed by atoms with Gasteiger partial charge in [-0.2, -0.15) is 0 Å². The third-order valence-electron chi connectivity index (χ3n) is 6.87. The van der Waals surface area contributed by atoms with Crippen LogP contribution in [-0.4, -0.2) is 89.9 Å². The fourth-order valence-electron chi connectivity index (χ4n) is 4.77. The number of nitrogen functional groups attached to an aromatic ring is 1. The zero-order chi connectivity index (χ0) is 29.0. The summed E-state index contributed by atoms with van der Waals surface area (Å²) in [5, 5.41) is 2.91. The molecule has 2 aliphatic rings. The molecule has 12 nitrogen and oxygen atoms in total. The molecule has 5 rings (SSSR count). The number of pyridine rings is 1. The predicted octanol–water partition coefficient (Wildman–Crippen LogP) is 3.27. The third kappa shape index (κ3) is 6.83. The second-order valence-corrected chi connectivity index (χ2v) is 10.9.